The third-order valence-electron chi connectivity index (χ3n) is 2.55. The summed E-state index contributed by atoms with van der Waals surface area (Å²) < 4.78 is 25.8. The molecule has 2 rings (SSSR count). The molecule has 0 saturated carbocycles. The van der Waals surface area contributed by atoms with Gasteiger partial charge in [-0.3, -0.25) is 4.90 Å². The lowest BCUT2D eigenvalue weighted by Crippen LogP contribution is -2.45. The number of hydrogen-bond acceptors (Lipinski definition) is 2. The van der Waals surface area contributed by atoms with Crippen LogP contribution >= 0.6 is 0 Å². The van der Waals surface area contributed by atoms with Crippen molar-refractivity contribution in [1.82, 2.24) is 4.90 Å². The van der Waals surface area contributed by atoms with Crippen molar-refractivity contribution in [3.05, 3.63) is 35.4 Å². The standard InChI is InChI=1S/C11H10F2N2/c12-10-2-1-9(11(13)3-10)7-15-5-8(4-14)6-15/h1-3,8H,5-7H2. The zero-order chi connectivity index (χ0) is 10.8. The molecule has 0 radical (unpaired) electrons. The average molecular weight is 208 g/mol. The van der Waals surface area contributed by atoms with Gasteiger partial charge in [0.05, 0.1) is 12.0 Å². The van der Waals surface area contributed by atoms with E-state index < -0.39 is 11.6 Å². The van der Waals surface area contributed by atoms with E-state index in [0.717, 1.165) is 6.07 Å². The van der Waals surface area contributed by atoms with Crippen molar-refractivity contribution in [3.8, 4) is 6.07 Å². The predicted molar refractivity (Wildman–Crippen MR) is 50.7 cm³/mol. The highest BCUT2D eigenvalue weighted by Gasteiger charge is 2.26. The van der Waals surface area contributed by atoms with Crippen molar-refractivity contribution in [2.24, 2.45) is 5.92 Å². The van der Waals surface area contributed by atoms with Gasteiger partial charge in [0.15, 0.2) is 0 Å². The van der Waals surface area contributed by atoms with Gasteiger partial charge < -0.3 is 0 Å². The molecule has 0 unspecified atom stereocenters. The summed E-state index contributed by atoms with van der Waals surface area (Å²) in [7, 11) is 0. The van der Waals surface area contributed by atoms with E-state index in [0.29, 0.717) is 25.2 Å². The van der Waals surface area contributed by atoms with Crippen LogP contribution in [0.25, 0.3) is 0 Å². The summed E-state index contributed by atoms with van der Waals surface area (Å²) in [5, 5.41) is 8.56. The van der Waals surface area contributed by atoms with Crippen LogP contribution < -0.4 is 0 Å². The minimum Gasteiger partial charge on any atom is -0.296 e. The number of hydrogen-bond donors (Lipinski definition) is 0. The summed E-state index contributed by atoms with van der Waals surface area (Å²) >= 11 is 0. The van der Waals surface area contributed by atoms with Gasteiger partial charge in [0.2, 0.25) is 0 Å². The molecule has 1 fully saturated rings. The van der Waals surface area contributed by atoms with Gasteiger partial charge in [-0.25, -0.2) is 8.78 Å². The predicted octanol–water partition coefficient (Wildman–Crippen LogP) is 1.92. The van der Waals surface area contributed by atoms with Crippen LogP contribution in [0.1, 0.15) is 5.56 Å². The van der Waals surface area contributed by atoms with E-state index in [-0.39, 0.29) is 5.92 Å². The quantitative estimate of drug-likeness (QED) is 0.742. The maximum atomic E-state index is 13.2. The number of nitriles is 1. The van der Waals surface area contributed by atoms with Crippen molar-refractivity contribution >= 4 is 0 Å². The molecule has 78 valence electrons. The first kappa shape index (κ1) is 10.1. The molecule has 1 heterocycles. The summed E-state index contributed by atoms with van der Waals surface area (Å²) in [6.45, 7) is 1.80. The Hall–Kier alpha value is -1.47. The van der Waals surface area contributed by atoms with E-state index in [2.05, 4.69) is 6.07 Å². The number of rotatable bonds is 2. The van der Waals surface area contributed by atoms with Crippen molar-refractivity contribution < 1.29 is 8.78 Å². The third-order valence-corrected chi connectivity index (χ3v) is 2.55. The van der Waals surface area contributed by atoms with Crippen LogP contribution in [0.3, 0.4) is 0 Å². The van der Waals surface area contributed by atoms with E-state index in [1.165, 1.54) is 12.1 Å². The molecule has 4 heteroatoms. The van der Waals surface area contributed by atoms with E-state index in [1.807, 2.05) is 4.90 Å². The molecule has 1 aliphatic rings. The lowest BCUT2D eigenvalue weighted by Gasteiger charge is -2.35. The molecular weight excluding hydrogens is 198 g/mol. The molecule has 0 N–H and O–H groups in total. The molecule has 0 atom stereocenters. The fourth-order valence-corrected chi connectivity index (χ4v) is 1.67. The molecule has 1 saturated heterocycles. The van der Waals surface area contributed by atoms with E-state index in [4.69, 9.17) is 5.26 Å². The van der Waals surface area contributed by atoms with E-state index in [9.17, 15) is 8.78 Å². The first-order valence-corrected chi connectivity index (χ1v) is 4.75. The molecule has 0 aliphatic carbocycles. The monoisotopic (exact) mass is 208 g/mol. The fourth-order valence-electron chi connectivity index (χ4n) is 1.67. The van der Waals surface area contributed by atoms with Crippen LogP contribution in [0, 0.1) is 28.9 Å². The largest absolute Gasteiger partial charge is 0.296 e. The number of likely N-dealkylation sites (tertiary alicyclic amines) is 1. The Morgan fingerprint density at radius 2 is 2.13 bits per heavy atom. The fraction of sp³-hybridized carbons (Fsp3) is 0.364. The Morgan fingerprint density at radius 3 is 2.73 bits per heavy atom. The van der Waals surface area contributed by atoms with Crippen molar-refractivity contribution in [3.63, 3.8) is 0 Å². The smallest absolute Gasteiger partial charge is 0.130 e. The third kappa shape index (κ3) is 2.13. The van der Waals surface area contributed by atoms with Gasteiger partial charge in [0, 0.05) is 31.3 Å². The number of halogens is 2. The van der Waals surface area contributed by atoms with Crippen LogP contribution in [0.5, 0.6) is 0 Å². The first-order valence-electron chi connectivity index (χ1n) is 4.75. The molecule has 0 aromatic heterocycles. The molecule has 0 amide bonds. The molecule has 1 aromatic carbocycles. The van der Waals surface area contributed by atoms with Crippen LogP contribution in [-0.2, 0) is 6.54 Å². The lowest BCUT2D eigenvalue weighted by atomic mass is 10.0. The zero-order valence-corrected chi connectivity index (χ0v) is 8.08. The Morgan fingerprint density at radius 1 is 1.40 bits per heavy atom. The summed E-state index contributed by atoms with van der Waals surface area (Å²) in [5.74, 6) is -1.02. The highest BCUT2D eigenvalue weighted by atomic mass is 19.1. The lowest BCUT2D eigenvalue weighted by molar-refractivity contribution is 0.125. The number of benzene rings is 1. The van der Waals surface area contributed by atoms with Gasteiger partial charge in [-0.05, 0) is 6.07 Å². The first-order chi connectivity index (χ1) is 7.19. The SMILES string of the molecule is N#CC1CN(Cc2ccc(F)cc2F)C1. The highest BCUT2D eigenvalue weighted by Crippen LogP contribution is 2.19. The highest BCUT2D eigenvalue weighted by molar-refractivity contribution is 5.19. The van der Waals surface area contributed by atoms with Gasteiger partial charge in [0.1, 0.15) is 11.6 Å². The Bertz CT molecular complexity index is 406. The summed E-state index contributed by atoms with van der Waals surface area (Å²) in [4.78, 5) is 1.96. The van der Waals surface area contributed by atoms with Crippen molar-refractivity contribution in [2.45, 2.75) is 6.54 Å². The van der Waals surface area contributed by atoms with Gasteiger partial charge in [-0.1, -0.05) is 6.07 Å². The molecular formula is C11H10F2N2. The van der Waals surface area contributed by atoms with Gasteiger partial charge in [-0.2, -0.15) is 5.26 Å². The maximum Gasteiger partial charge on any atom is 0.130 e. The topological polar surface area (TPSA) is 27.0 Å². The second-order valence-electron chi connectivity index (χ2n) is 3.76. The van der Waals surface area contributed by atoms with Crippen molar-refractivity contribution in [1.29, 1.82) is 5.26 Å². The van der Waals surface area contributed by atoms with Gasteiger partial charge in [0.25, 0.3) is 0 Å². The van der Waals surface area contributed by atoms with E-state index in [1.54, 1.807) is 0 Å². The van der Waals surface area contributed by atoms with Gasteiger partial charge in [-0.15, -0.1) is 0 Å². The molecule has 0 spiro atoms. The molecule has 1 aromatic rings. The molecule has 1 aliphatic heterocycles. The summed E-state index contributed by atoms with van der Waals surface area (Å²) in [6.07, 6.45) is 0. The van der Waals surface area contributed by atoms with Crippen LogP contribution in [-0.4, -0.2) is 18.0 Å². The van der Waals surface area contributed by atoms with E-state index >= 15 is 0 Å². The Kier molecular flexibility index (Phi) is 2.65. The molecule has 0 bridgehead atoms. The zero-order valence-electron chi connectivity index (χ0n) is 8.08. The van der Waals surface area contributed by atoms with Crippen LogP contribution in [0.2, 0.25) is 0 Å². The second kappa shape index (κ2) is 3.95. The average Bonchev–Trinajstić information content (AvgIpc) is 2.13. The Balaban J connectivity index is 1.98. The van der Waals surface area contributed by atoms with Gasteiger partial charge >= 0.3 is 0 Å². The minimum absolute atomic E-state index is 0.0634. The summed E-state index contributed by atoms with van der Waals surface area (Å²) in [6, 6.07) is 5.73. The number of nitrogens with zero attached hydrogens (tertiary/aromatic N) is 2. The normalized spacial score (nSPS) is 17.1. The summed E-state index contributed by atoms with van der Waals surface area (Å²) in [5.41, 5.74) is 0.479. The minimum atomic E-state index is -0.560. The maximum absolute atomic E-state index is 13.2. The van der Waals surface area contributed by atoms with Crippen molar-refractivity contribution in [2.75, 3.05) is 13.1 Å². The van der Waals surface area contributed by atoms with Crippen LogP contribution in [0.4, 0.5) is 8.78 Å². The Labute approximate surface area is 86.7 Å². The molecule has 2 nitrogen and oxygen atoms in total. The van der Waals surface area contributed by atoms with Crippen LogP contribution in [0.15, 0.2) is 18.2 Å². The second-order valence-corrected chi connectivity index (χ2v) is 3.76. The molecule has 15 heavy (non-hydrogen) atoms.